The number of esters is 1. The number of hydrogen-bond acceptors (Lipinski definition) is 6. The monoisotopic (exact) mass is 269 g/mol. The fourth-order valence-corrected chi connectivity index (χ4v) is 1.31. The summed E-state index contributed by atoms with van der Waals surface area (Å²) >= 11 is 0. The molecule has 0 spiro atoms. The van der Waals surface area contributed by atoms with E-state index in [-0.39, 0.29) is 30.4 Å². The van der Waals surface area contributed by atoms with E-state index < -0.39 is 5.97 Å². The highest BCUT2D eigenvalue weighted by Crippen LogP contribution is 2.15. The van der Waals surface area contributed by atoms with Crippen LogP contribution in [-0.4, -0.2) is 32.6 Å². The van der Waals surface area contributed by atoms with Crippen molar-refractivity contribution in [3.05, 3.63) is 30.1 Å². The van der Waals surface area contributed by atoms with Gasteiger partial charge in [0.15, 0.2) is 5.82 Å². The summed E-state index contributed by atoms with van der Waals surface area (Å²) < 4.78 is 6.18. The second-order valence-corrected chi connectivity index (χ2v) is 3.16. The van der Waals surface area contributed by atoms with E-state index in [1.54, 1.807) is 19.1 Å². The first kappa shape index (κ1) is 13.9. The Morgan fingerprint density at radius 3 is 2.94 bits per heavy atom. The van der Waals surface area contributed by atoms with Crippen LogP contribution in [0.1, 0.15) is 17.3 Å². The maximum Gasteiger partial charge on any atom is 0.343 e. The van der Waals surface area contributed by atoms with Gasteiger partial charge in [-0.1, -0.05) is 0 Å². The quantitative estimate of drug-likeness (QED) is 0.830. The van der Waals surface area contributed by atoms with Crippen LogP contribution >= 0.6 is 12.4 Å². The lowest BCUT2D eigenvalue weighted by atomic mass is 10.3. The molecule has 2 aromatic rings. The zero-order chi connectivity index (χ0) is 12.3. The van der Waals surface area contributed by atoms with Gasteiger partial charge in [-0.3, -0.25) is 0 Å². The average Bonchev–Trinajstić information content (AvgIpc) is 2.72. The highest BCUT2D eigenvalue weighted by atomic mass is 35.5. The van der Waals surface area contributed by atoms with Gasteiger partial charge in [-0.25, -0.2) is 4.79 Å². The van der Waals surface area contributed by atoms with Crippen molar-refractivity contribution in [3.8, 4) is 5.82 Å². The first-order valence-corrected chi connectivity index (χ1v) is 5.02. The molecule has 2 heterocycles. The molecule has 0 aliphatic carbocycles. The van der Waals surface area contributed by atoms with Crippen molar-refractivity contribution in [2.45, 2.75) is 6.92 Å². The second-order valence-electron chi connectivity index (χ2n) is 3.16. The van der Waals surface area contributed by atoms with Crippen LogP contribution in [0, 0.1) is 0 Å². The number of ether oxygens (including phenoxy) is 1. The fourth-order valence-electron chi connectivity index (χ4n) is 1.31. The zero-order valence-corrected chi connectivity index (χ0v) is 10.4. The number of rotatable bonds is 3. The van der Waals surface area contributed by atoms with E-state index in [2.05, 4.69) is 15.3 Å². The molecule has 0 aromatic carbocycles. The molecule has 0 unspecified atom stereocenters. The molecule has 0 saturated carbocycles. The molecule has 0 saturated heterocycles. The van der Waals surface area contributed by atoms with Crippen molar-refractivity contribution in [3.63, 3.8) is 0 Å². The molecule has 0 fully saturated rings. The molecular formula is C10H12ClN5O2. The van der Waals surface area contributed by atoms with Gasteiger partial charge in [-0.15, -0.1) is 17.5 Å². The van der Waals surface area contributed by atoms with Crippen molar-refractivity contribution in [2.24, 2.45) is 0 Å². The topological polar surface area (TPSA) is 95.9 Å². The molecule has 7 nitrogen and oxygen atoms in total. The first-order chi connectivity index (χ1) is 8.24. The average molecular weight is 270 g/mol. The van der Waals surface area contributed by atoms with Crippen molar-refractivity contribution < 1.29 is 9.53 Å². The molecule has 2 rings (SSSR count). The van der Waals surface area contributed by atoms with Crippen LogP contribution in [0.3, 0.4) is 0 Å². The second kappa shape index (κ2) is 5.97. The van der Waals surface area contributed by atoms with Gasteiger partial charge < -0.3 is 10.5 Å². The molecule has 2 aromatic heterocycles. The van der Waals surface area contributed by atoms with E-state index in [0.29, 0.717) is 5.82 Å². The summed E-state index contributed by atoms with van der Waals surface area (Å²) in [5, 5.41) is 11.5. The van der Waals surface area contributed by atoms with Crippen LogP contribution in [0.15, 0.2) is 24.5 Å². The Morgan fingerprint density at radius 1 is 1.56 bits per heavy atom. The van der Waals surface area contributed by atoms with E-state index in [1.807, 2.05) is 0 Å². The molecule has 18 heavy (non-hydrogen) atoms. The molecule has 0 aliphatic heterocycles. The van der Waals surface area contributed by atoms with Gasteiger partial charge >= 0.3 is 5.97 Å². The van der Waals surface area contributed by atoms with Crippen molar-refractivity contribution >= 4 is 24.2 Å². The predicted octanol–water partition coefficient (Wildman–Crippen LogP) is 0.843. The van der Waals surface area contributed by atoms with Crippen molar-refractivity contribution in [2.75, 3.05) is 12.3 Å². The summed E-state index contributed by atoms with van der Waals surface area (Å²) in [6, 6.07) is 3.39. The van der Waals surface area contributed by atoms with E-state index >= 15 is 0 Å². The number of nitrogens with zero attached hydrogens (tertiary/aromatic N) is 4. The Bertz CT molecular complexity index is 528. The minimum absolute atomic E-state index is 0. The molecule has 0 atom stereocenters. The van der Waals surface area contributed by atoms with Gasteiger partial charge in [0.05, 0.1) is 12.8 Å². The van der Waals surface area contributed by atoms with Crippen LogP contribution in [0.25, 0.3) is 5.82 Å². The molecule has 0 bridgehead atoms. The van der Waals surface area contributed by atoms with Crippen molar-refractivity contribution in [1.82, 2.24) is 20.0 Å². The third kappa shape index (κ3) is 2.57. The van der Waals surface area contributed by atoms with Gasteiger partial charge in [0.25, 0.3) is 0 Å². The van der Waals surface area contributed by atoms with E-state index in [1.165, 1.54) is 17.1 Å². The molecule has 2 N–H and O–H groups in total. The number of hydrogen-bond donors (Lipinski definition) is 1. The Labute approximate surface area is 109 Å². The number of carbonyl (C=O) groups excluding carboxylic acids is 1. The van der Waals surface area contributed by atoms with Gasteiger partial charge in [-0.2, -0.15) is 14.9 Å². The van der Waals surface area contributed by atoms with Gasteiger partial charge in [0, 0.05) is 6.20 Å². The summed E-state index contributed by atoms with van der Waals surface area (Å²) in [5.41, 5.74) is 6.02. The lowest BCUT2D eigenvalue weighted by molar-refractivity contribution is 0.0527. The maximum atomic E-state index is 11.5. The Morgan fingerprint density at radius 2 is 2.33 bits per heavy atom. The lowest BCUT2D eigenvalue weighted by Gasteiger charge is -2.02. The van der Waals surface area contributed by atoms with Gasteiger partial charge in [-0.05, 0) is 19.1 Å². The Balaban J connectivity index is 0.00000162. The Hall–Kier alpha value is -2.15. The third-order valence-electron chi connectivity index (χ3n) is 2.08. The molecule has 0 radical (unpaired) electrons. The largest absolute Gasteiger partial charge is 0.462 e. The lowest BCUT2D eigenvalue weighted by Crippen LogP contribution is -2.09. The van der Waals surface area contributed by atoms with Crippen LogP contribution in [0.5, 0.6) is 0 Å². The number of anilines is 1. The predicted molar refractivity (Wildman–Crippen MR) is 66.8 cm³/mol. The molecule has 96 valence electrons. The number of aromatic nitrogens is 4. The normalized spacial score (nSPS) is 9.61. The van der Waals surface area contributed by atoms with Crippen LogP contribution < -0.4 is 5.73 Å². The summed E-state index contributed by atoms with van der Waals surface area (Å²) in [5.74, 6) is 0.129. The summed E-state index contributed by atoms with van der Waals surface area (Å²) in [6.45, 7) is 2.01. The third-order valence-corrected chi connectivity index (χ3v) is 2.08. The first-order valence-electron chi connectivity index (χ1n) is 5.02. The smallest absolute Gasteiger partial charge is 0.343 e. The zero-order valence-electron chi connectivity index (χ0n) is 9.61. The molecule has 0 aliphatic rings. The highest BCUT2D eigenvalue weighted by Gasteiger charge is 2.17. The van der Waals surface area contributed by atoms with Crippen LogP contribution in [0.4, 0.5) is 5.82 Å². The van der Waals surface area contributed by atoms with Crippen LogP contribution in [-0.2, 0) is 4.74 Å². The number of halogens is 1. The molecule has 0 amide bonds. The number of nitrogen functional groups attached to an aromatic ring is 1. The molecular weight excluding hydrogens is 258 g/mol. The van der Waals surface area contributed by atoms with Crippen LogP contribution in [0.2, 0.25) is 0 Å². The van der Waals surface area contributed by atoms with Crippen molar-refractivity contribution in [1.29, 1.82) is 0 Å². The minimum Gasteiger partial charge on any atom is -0.462 e. The van der Waals surface area contributed by atoms with E-state index in [0.717, 1.165) is 0 Å². The fraction of sp³-hybridized carbons (Fsp3) is 0.200. The highest BCUT2D eigenvalue weighted by molar-refractivity contribution is 5.94. The minimum atomic E-state index is -0.500. The summed E-state index contributed by atoms with van der Waals surface area (Å²) in [6.07, 6.45) is 2.89. The maximum absolute atomic E-state index is 11.5. The SMILES string of the molecule is CCOC(=O)c1cnn(-c2cccnn2)c1N.Cl. The Kier molecular flexibility index (Phi) is 4.61. The number of nitrogens with two attached hydrogens (primary N) is 1. The van der Waals surface area contributed by atoms with Gasteiger partial charge in [0.1, 0.15) is 11.4 Å². The summed E-state index contributed by atoms with van der Waals surface area (Å²) in [7, 11) is 0. The van der Waals surface area contributed by atoms with Gasteiger partial charge in [0.2, 0.25) is 0 Å². The number of carbonyl (C=O) groups is 1. The van der Waals surface area contributed by atoms with E-state index in [4.69, 9.17) is 10.5 Å². The van der Waals surface area contributed by atoms with E-state index in [9.17, 15) is 4.79 Å². The summed E-state index contributed by atoms with van der Waals surface area (Å²) in [4.78, 5) is 11.5. The standard InChI is InChI=1S/C10H11N5O2.ClH/c1-2-17-10(16)7-6-13-15(9(7)11)8-4-3-5-12-14-8;/h3-6H,2,11H2,1H3;1H. The molecule has 8 heteroatoms.